The van der Waals surface area contributed by atoms with Gasteiger partial charge in [-0.25, -0.2) is 0 Å². The minimum Gasteiger partial charge on any atom is -0.490 e. The van der Waals surface area contributed by atoms with Gasteiger partial charge in [-0.2, -0.15) is 0 Å². The van der Waals surface area contributed by atoms with Crippen molar-refractivity contribution in [2.24, 2.45) is 0 Å². The normalized spacial score (nSPS) is 14.2. The monoisotopic (exact) mass is 236 g/mol. The predicted octanol–water partition coefficient (Wildman–Crippen LogP) is 1.87. The van der Waals surface area contributed by atoms with Gasteiger partial charge in [0.25, 0.3) is 0 Å². The third-order valence-electron chi connectivity index (χ3n) is 2.63. The number of benzene rings is 1. The Morgan fingerprint density at radius 1 is 1.12 bits per heavy atom. The Morgan fingerprint density at radius 2 is 1.94 bits per heavy atom. The van der Waals surface area contributed by atoms with E-state index in [9.17, 15) is 0 Å². The molecule has 1 aliphatic rings. The topological polar surface area (TPSA) is 42.5 Å². The second-order valence-corrected chi connectivity index (χ2v) is 3.99. The van der Waals surface area contributed by atoms with E-state index in [1.807, 2.05) is 18.2 Å². The maximum absolute atomic E-state index is 5.64. The molecule has 2 rings (SSSR count). The molecule has 0 unspecified atom stereocenters. The molecule has 4 nitrogen and oxygen atoms in total. The summed E-state index contributed by atoms with van der Waals surface area (Å²) in [7, 11) is 0. The summed E-state index contributed by atoms with van der Waals surface area (Å²) in [5.74, 6) is 1.69. The van der Waals surface area contributed by atoms with Gasteiger partial charge in [-0.15, -0.1) is 0 Å². The highest BCUT2D eigenvalue weighted by Gasteiger charge is 2.10. The first-order valence-corrected chi connectivity index (χ1v) is 6.24. The van der Waals surface area contributed by atoms with Crippen molar-refractivity contribution in [3.8, 4) is 11.5 Å². The molecular weight excluding hydrogens is 216 g/mol. The Morgan fingerprint density at radius 3 is 2.76 bits per heavy atom. The molecule has 0 saturated heterocycles. The van der Waals surface area contributed by atoms with Crippen molar-refractivity contribution < 1.29 is 9.47 Å². The number of nitrogens with one attached hydrogen (secondary N) is 2. The second kappa shape index (κ2) is 6.35. The predicted molar refractivity (Wildman–Crippen MR) is 69.1 cm³/mol. The van der Waals surface area contributed by atoms with E-state index in [-0.39, 0.29) is 0 Å². The van der Waals surface area contributed by atoms with Gasteiger partial charge in [0, 0.05) is 31.3 Å². The summed E-state index contributed by atoms with van der Waals surface area (Å²) in [4.78, 5) is 0. The zero-order chi connectivity index (χ0) is 11.9. The van der Waals surface area contributed by atoms with Gasteiger partial charge in [-0.1, -0.05) is 6.92 Å². The van der Waals surface area contributed by atoms with Crippen molar-refractivity contribution in [3.63, 3.8) is 0 Å². The first kappa shape index (κ1) is 12.0. The van der Waals surface area contributed by atoms with E-state index in [1.54, 1.807) is 0 Å². The van der Waals surface area contributed by atoms with E-state index in [4.69, 9.17) is 9.47 Å². The summed E-state index contributed by atoms with van der Waals surface area (Å²) in [6.07, 6.45) is 0.942. The van der Waals surface area contributed by atoms with E-state index >= 15 is 0 Å². The number of fused-ring (bicyclic) bond motifs is 1. The Bertz CT molecular complexity index is 355. The van der Waals surface area contributed by atoms with Crippen LogP contribution in [0.15, 0.2) is 18.2 Å². The molecule has 0 bridgehead atoms. The molecular formula is C13H20N2O2. The fraction of sp³-hybridized carbons (Fsp3) is 0.538. The fourth-order valence-electron chi connectivity index (χ4n) is 1.75. The van der Waals surface area contributed by atoms with E-state index in [2.05, 4.69) is 17.6 Å². The van der Waals surface area contributed by atoms with Crippen molar-refractivity contribution in [2.75, 3.05) is 38.2 Å². The lowest BCUT2D eigenvalue weighted by Gasteiger charge is -2.11. The Kier molecular flexibility index (Phi) is 4.50. The summed E-state index contributed by atoms with van der Waals surface area (Å²) in [6, 6.07) is 6.00. The molecule has 0 spiro atoms. The first-order chi connectivity index (χ1) is 8.40. The van der Waals surface area contributed by atoms with Crippen LogP contribution in [0.3, 0.4) is 0 Å². The summed E-state index contributed by atoms with van der Waals surface area (Å²) in [5, 5.41) is 6.62. The maximum atomic E-state index is 5.64. The largest absolute Gasteiger partial charge is 0.490 e. The van der Waals surface area contributed by atoms with Crippen LogP contribution in [0.25, 0.3) is 0 Å². The van der Waals surface area contributed by atoms with Gasteiger partial charge in [0.1, 0.15) is 0 Å². The molecule has 94 valence electrons. The average molecular weight is 236 g/mol. The van der Waals surface area contributed by atoms with Gasteiger partial charge in [-0.3, -0.25) is 0 Å². The van der Waals surface area contributed by atoms with Crippen LogP contribution in [0.4, 0.5) is 5.69 Å². The van der Waals surface area contributed by atoms with Crippen molar-refractivity contribution >= 4 is 5.69 Å². The minimum atomic E-state index is 0.730. The highest BCUT2D eigenvalue weighted by molar-refractivity contribution is 5.54. The molecule has 0 aliphatic carbocycles. The third-order valence-corrected chi connectivity index (χ3v) is 2.63. The van der Waals surface area contributed by atoms with E-state index in [0.717, 1.165) is 56.5 Å². The fourth-order valence-corrected chi connectivity index (χ4v) is 1.75. The number of hydrogen-bond acceptors (Lipinski definition) is 4. The molecule has 0 atom stereocenters. The quantitative estimate of drug-likeness (QED) is 0.766. The molecule has 0 amide bonds. The van der Waals surface area contributed by atoms with Crippen LogP contribution >= 0.6 is 0 Å². The lowest BCUT2D eigenvalue weighted by molar-refractivity contribution is 0.297. The van der Waals surface area contributed by atoms with Crippen LogP contribution in [0.2, 0.25) is 0 Å². The van der Waals surface area contributed by atoms with Crippen LogP contribution in [0.5, 0.6) is 11.5 Å². The van der Waals surface area contributed by atoms with E-state index < -0.39 is 0 Å². The molecule has 0 fully saturated rings. The van der Waals surface area contributed by atoms with Crippen molar-refractivity contribution in [2.45, 2.75) is 13.3 Å². The van der Waals surface area contributed by atoms with E-state index in [1.165, 1.54) is 0 Å². The standard InChI is InChI=1S/C13H20N2O2/c1-2-14-6-7-15-11-4-5-12-13(10-11)17-9-3-8-16-12/h4-5,10,14-15H,2-3,6-9H2,1H3. The number of ether oxygens (including phenoxy) is 2. The number of anilines is 1. The number of likely N-dealkylation sites (N-methyl/N-ethyl adjacent to an activating group) is 1. The van der Waals surface area contributed by atoms with Crippen LogP contribution < -0.4 is 20.1 Å². The lowest BCUT2D eigenvalue weighted by atomic mass is 10.2. The number of hydrogen-bond donors (Lipinski definition) is 2. The highest BCUT2D eigenvalue weighted by atomic mass is 16.5. The first-order valence-electron chi connectivity index (χ1n) is 6.24. The minimum absolute atomic E-state index is 0.730. The Labute approximate surface area is 102 Å². The lowest BCUT2D eigenvalue weighted by Crippen LogP contribution is -2.21. The second-order valence-electron chi connectivity index (χ2n) is 3.99. The molecule has 0 saturated carbocycles. The molecule has 1 aromatic carbocycles. The van der Waals surface area contributed by atoms with Crippen molar-refractivity contribution in [3.05, 3.63) is 18.2 Å². The zero-order valence-corrected chi connectivity index (χ0v) is 10.3. The summed E-state index contributed by atoms with van der Waals surface area (Å²) in [6.45, 7) is 6.45. The molecule has 0 radical (unpaired) electrons. The zero-order valence-electron chi connectivity index (χ0n) is 10.3. The van der Waals surface area contributed by atoms with Crippen LogP contribution in [-0.4, -0.2) is 32.8 Å². The summed E-state index contributed by atoms with van der Waals surface area (Å²) in [5.41, 5.74) is 1.08. The van der Waals surface area contributed by atoms with Crippen molar-refractivity contribution in [1.29, 1.82) is 0 Å². The number of rotatable bonds is 5. The Hall–Kier alpha value is -1.42. The summed E-state index contributed by atoms with van der Waals surface area (Å²) < 4.78 is 11.2. The average Bonchev–Trinajstić information content (AvgIpc) is 2.59. The molecule has 1 aromatic rings. The van der Waals surface area contributed by atoms with Crippen LogP contribution in [0.1, 0.15) is 13.3 Å². The van der Waals surface area contributed by atoms with Gasteiger partial charge in [0.2, 0.25) is 0 Å². The molecule has 17 heavy (non-hydrogen) atoms. The van der Waals surface area contributed by atoms with Crippen molar-refractivity contribution in [1.82, 2.24) is 5.32 Å². The van der Waals surface area contributed by atoms with Gasteiger partial charge in [0.15, 0.2) is 11.5 Å². The van der Waals surface area contributed by atoms with Gasteiger partial charge >= 0.3 is 0 Å². The van der Waals surface area contributed by atoms with Crippen LogP contribution in [-0.2, 0) is 0 Å². The summed E-state index contributed by atoms with van der Waals surface area (Å²) >= 11 is 0. The molecule has 4 heteroatoms. The van der Waals surface area contributed by atoms with Gasteiger partial charge in [0.05, 0.1) is 13.2 Å². The highest BCUT2D eigenvalue weighted by Crippen LogP contribution is 2.32. The molecule has 1 heterocycles. The molecule has 1 aliphatic heterocycles. The third kappa shape index (κ3) is 3.53. The van der Waals surface area contributed by atoms with Gasteiger partial charge < -0.3 is 20.1 Å². The van der Waals surface area contributed by atoms with Gasteiger partial charge in [-0.05, 0) is 18.7 Å². The van der Waals surface area contributed by atoms with E-state index in [0.29, 0.717) is 0 Å². The maximum Gasteiger partial charge on any atom is 0.163 e. The SMILES string of the molecule is CCNCCNc1ccc2c(c1)OCCCO2. The van der Waals surface area contributed by atoms with Crippen LogP contribution in [0, 0.1) is 0 Å². The Balaban J connectivity index is 1.93. The molecule has 2 N–H and O–H groups in total. The smallest absolute Gasteiger partial charge is 0.163 e. The molecule has 0 aromatic heterocycles.